The molecule has 0 aliphatic carbocycles. The normalized spacial score (nSPS) is 13.3. The molecule has 0 aliphatic rings. The quantitative estimate of drug-likeness (QED) is 0.627. The second-order valence-corrected chi connectivity index (χ2v) is 4.16. The molecule has 17 heavy (non-hydrogen) atoms. The Kier molecular flexibility index (Phi) is 4.13. The van der Waals surface area contributed by atoms with Crippen LogP contribution in [0.25, 0.3) is 0 Å². The topological polar surface area (TPSA) is 26.3 Å². The van der Waals surface area contributed by atoms with Gasteiger partial charge in [-0.05, 0) is 24.6 Å². The van der Waals surface area contributed by atoms with Gasteiger partial charge in [-0.2, -0.15) is 0 Å². The summed E-state index contributed by atoms with van der Waals surface area (Å²) in [6, 6.07) is 2.51. The van der Waals surface area contributed by atoms with Gasteiger partial charge in [0.05, 0.1) is 4.83 Å². The molecule has 0 aliphatic heterocycles. The Morgan fingerprint density at radius 2 is 1.94 bits per heavy atom. The first-order chi connectivity index (χ1) is 7.69. The van der Waals surface area contributed by atoms with Crippen molar-refractivity contribution < 1.29 is 27.1 Å². The molecule has 0 saturated carbocycles. The van der Waals surface area contributed by atoms with Crippen LogP contribution in [0.2, 0.25) is 0 Å². The fourth-order valence-corrected chi connectivity index (χ4v) is 1.42. The van der Waals surface area contributed by atoms with Gasteiger partial charge < -0.3 is 4.74 Å². The maximum Gasteiger partial charge on any atom is 0.573 e. The highest BCUT2D eigenvalue weighted by atomic mass is 79.9. The Labute approximate surface area is 103 Å². The van der Waals surface area contributed by atoms with Gasteiger partial charge in [0, 0.05) is 6.07 Å². The van der Waals surface area contributed by atoms with Crippen LogP contribution in [-0.2, 0) is 4.79 Å². The molecule has 1 aromatic carbocycles. The van der Waals surface area contributed by atoms with Crippen molar-refractivity contribution >= 4 is 21.7 Å². The van der Waals surface area contributed by atoms with E-state index in [1.54, 1.807) is 0 Å². The Morgan fingerprint density at radius 1 is 1.35 bits per heavy atom. The van der Waals surface area contributed by atoms with Crippen molar-refractivity contribution in [1.82, 2.24) is 0 Å². The summed E-state index contributed by atoms with van der Waals surface area (Å²) in [6.07, 6.45) is -4.90. The Balaban J connectivity index is 3.06. The molecule has 0 heterocycles. The van der Waals surface area contributed by atoms with Crippen LogP contribution in [-0.4, -0.2) is 12.1 Å². The second kappa shape index (κ2) is 5.03. The van der Waals surface area contributed by atoms with E-state index >= 15 is 0 Å². The maximum absolute atomic E-state index is 13.0. The van der Waals surface area contributed by atoms with Gasteiger partial charge in [0.2, 0.25) is 0 Å². The molecule has 1 unspecified atom stereocenters. The summed E-state index contributed by atoms with van der Waals surface area (Å²) < 4.78 is 52.5. The highest BCUT2D eigenvalue weighted by molar-refractivity contribution is 9.09. The van der Waals surface area contributed by atoms with Crippen LogP contribution < -0.4 is 4.74 Å². The van der Waals surface area contributed by atoms with E-state index in [-0.39, 0.29) is 11.3 Å². The van der Waals surface area contributed by atoms with E-state index < -0.39 is 22.8 Å². The average Bonchev–Trinajstić information content (AvgIpc) is 2.12. The molecular weight excluding hydrogens is 308 g/mol. The Morgan fingerprint density at radius 3 is 2.41 bits per heavy atom. The molecule has 7 heteroatoms. The fourth-order valence-electron chi connectivity index (χ4n) is 1.16. The lowest BCUT2D eigenvalue weighted by atomic mass is 10.1. The molecule has 1 rings (SSSR count). The molecule has 1 aromatic rings. The van der Waals surface area contributed by atoms with Crippen LogP contribution in [0.3, 0.4) is 0 Å². The van der Waals surface area contributed by atoms with Crippen LogP contribution in [0.5, 0.6) is 5.75 Å². The number of halogens is 5. The first-order valence-corrected chi connectivity index (χ1v) is 5.31. The van der Waals surface area contributed by atoms with E-state index in [1.165, 1.54) is 6.92 Å². The van der Waals surface area contributed by atoms with Gasteiger partial charge in [-0.1, -0.05) is 15.9 Å². The smallest absolute Gasteiger partial charge is 0.406 e. The van der Waals surface area contributed by atoms with Crippen molar-refractivity contribution in [1.29, 1.82) is 0 Å². The lowest BCUT2D eigenvalue weighted by Gasteiger charge is -2.12. The summed E-state index contributed by atoms with van der Waals surface area (Å²) in [5, 5.41) is 0. The van der Waals surface area contributed by atoms with Gasteiger partial charge >= 0.3 is 6.36 Å². The molecule has 0 radical (unpaired) electrons. The molecule has 0 amide bonds. The number of ether oxygens (including phenoxy) is 1. The van der Waals surface area contributed by atoms with Crippen molar-refractivity contribution in [2.24, 2.45) is 0 Å². The molecule has 2 nitrogen and oxygen atoms in total. The van der Waals surface area contributed by atoms with Crippen LogP contribution in [0, 0.1) is 5.82 Å². The van der Waals surface area contributed by atoms with E-state index in [0.717, 1.165) is 12.1 Å². The van der Waals surface area contributed by atoms with Gasteiger partial charge in [-0.15, -0.1) is 13.2 Å². The zero-order valence-electron chi connectivity index (χ0n) is 8.52. The standard InChI is InChI=1S/C10H7BrF4O2/c1-5(16)9(11)6-2-7(12)4-8(3-6)17-10(13,14)15/h2-4,9H,1H3. The first-order valence-electron chi connectivity index (χ1n) is 4.40. The first kappa shape index (κ1) is 14.0. The van der Waals surface area contributed by atoms with E-state index in [1.807, 2.05) is 0 Å². The predicted molar refractivity (Wildman–Crippen MR) is 55.4 cm³/mol. The molecule has 0 spiro atoms. The predicted octanol–water partition coefficient (Wildman–Crippen LogP) is 3.75. The van der Waals surface area contributed by atoms with Gasteiger partial charge in [0.15, 0.2) is 0 Å². The Bertz CT molecular complexity index is 431. The fraction of sp³-hybridized carbons (Fsp3) is 0.300. The minimum atomic E-state index is -4.90. The van der Waals surface area contributed by atoms with Gasteiger partial charge in [0.1, 0.15) is 17.3 Å². The number of carbonyl (C=O) groups excluding carboxylic acids is 1. The summed E-state index contributed by atoms with van der Waals surface area (Å²) in [5.41, 5.74) is 0.0664. The lowest BCUT2D eigenvalue weighted by Crippen LogP contribution is -2.17. The monoisotopic (exact) mass is 314 g/mol. The molecule has 0 N–H and O–H groups in total. The van der Waals surface area contributed by atoms with Crippen molar-refractivity contribution in [3.05, 3.63) is 29.6 Å². The van der Waals surface area contributed by atoms with Crippen LogP contribution in [0.15, 0.2) is 18.2 Å². The molecule has 0 aromatic heterocycles. The largest absolute Gasteiger partial charge is 0.573 e. The van der Waals surface area contributed by atoms with E-state index in [2.05, 4.69) is 20.7 Å². The molecule has 1 atom stereocenters. The summed E-state index contributed by atoms with van der Waals surface area (Å²) in [6.45, 7) is 1.23. The summed E-state index contributed by atoms with van der Waals surface area (Å²) in [5.74, 6) is -1.96. The van der Waals surface area contributed by atoms with Crippen LogP contribution >= 0.6 is 15.9 Å². The molecule has 0 fully saturated rings. The Hall–Kier alpha value is -1.11. The summed E-state index contributed by atoms with van der Waals surface area (Å²) in [4.78, 5) is 10.2. The number of ketones is 1. The third-order valence-electron chi connectivity index (χ3n) is 1.78. The van der Waals surface area contributed by atoms with Gasteiger partial charge in [-0.25, -0.2) is 4.39 Å². The summed E-state index contributed by atoms with van der Waals surface area (Å²) in [7, 11) is 0. The third-order valence-corrected chi connectivity index (χ3v) is 2.95. The SMILES string of the molecule is CC(=O)C(Br)c1cc(F)cc(OC(F)(F)F)c1. The average molecular weight is 315 g/mol. The van der Waals surface area contributed by atoms with E-state index in [0.29, 0.717) is 6.07 Å². The molecule has 94 valence electrons. The van der Waals surface area contributed by atoms with Gasteiger partial charge in [-0.3, -0.25) is 4.79 Å². The molecular formula is C10H7BrF4O2. The van der Waals surface area contributed by atoms with E-state index in [9.17, 15) is 22.4 Å². The van der Waals surface area contributed by atoms with Crippen LogP contribution in [0.1, 0.15) is 17.3 Å². The number of hydrogen-bond donors (Lipinski definition) is 0. The number of benzene rings is 1. The molecule has 0 saturated heterocycles. The zero-order chi connectivity index (χ0) is 13.2. The second-order valence-electron chi connectivity index (χ2n) is 3.24. The van der Waals surface area contributed by atoms with Crippen LogP contribution in [0.4, 0.5) is 17.6 Å². The number of rotatable bonds is 3. The minimum Gasteiger partial charge on any atom is -0.406 e. The highest BCUT2D eigenvalue weighted by Gasteiger charge is 2.31. The van der Waals surface area contributed by atoms with E-state index in [4.69, 9.17) is 0 Å². The number of hydrogen-bond acceptors (Lipinski definition) is 2. The van der Waals surface area contributed by atoms with Gasteiger partial charge in [0.25, 0.3) is 0 Å². The van der Waals surface area contributed by atoms with Crippen molar-refractivity contribution in [2.75, 3.05) is 0 Å². The number of alkyl halides is 4. The molecule has 0 bridgehead atoms. The number of Topliss-reactive ketones (excluding diaryl/α,β-unsaturated/α-hetero) is 1. The minimum absolute atomic E-state index is 0.0664. The lowest BCUT2D eigenvalue weighted by molar-refractivity contribution is -0.274. The summed E-state index contributed by atoms with van der Waals surface area (Å²) >= 11 is 2.95. The zero-order valence-corrected chi connectivity index (χ0v) is 10.1. The van der Waals surface area contributed by atoms with Crippen molar-refractivity contribution in [3.8, 4) is 5.75 Å². The van der Waals surface area contributed by atoms with Crippen molar-refractivity contribution in [2.45, 2.75) is 18.1 Å². The number of carbonyl (C=O) groups is 1. The highest BCUT2D eigenvalue weighted by Crippen LogP contribution is 2.30. The maximum atomic E-state index is 13.0. The third kappa shape index (κ3) is 4.33. The van der Waals surface area contributed by atoms with Crippen molar-refractivity contribution in [3.63, 3.8) is 0 Å².